The highest BCUT2D eigenvalue weighted by Crippen LogP contribution is 2.30. The normalized spacial score (nSPS) is 10.7. The second-order valence-electron chi connectivity index (χ2n) is 4.72. The summed E-state index contributed by atoms with van der Waals surface area (Å²) < 4.78 is 18.9. The minimum absolute atomic E-state index is 0.192. The van der Waals surface area contributed by atoms with Crippen LogP contribution in [0.4, 0.5) is 4.39 Å². The van der Waals surface area contributed by atoms with Gasteiger partial charge in [-0.3, -0.25) is 4.98 Å². The maximum Gasteiger partial charge on any atom is 0.337 e. The van der Waals surface area contributed by atoms with Gasteiger partial charge in [0.15, 0.2) is 5.82 Å². The SMILES string of the molecule is COC(=O)c1ccc2cccc(-c3ncc(Cl)cc3F)c2c1. The number of esters is 1. The number of nitrogens with zero attached hydrogens (tertiary/aromatic N) is 1. The summed E-state index contributed by atoms with van der Waals surface area (Å²) in [6, 6.07) is 11.8. The van der Waals surface area contributed by atoms with Gasteiger partial charge in [-0.2, -0.15) is 0 Å². The number of hydrogen-bond acceptors (Lipinski definition) is 3. The molecule has 0 atom stereocenters. The molecule has 0 aliphatic rings. The molecular formula is C17H11ClFNO2. The molecule has 0 bridgehead atoms. The lowest BCUT2D eigenvalue weighted by Gasteiger charge is -2.09. The highest BCUT2D eigenvalue weighted by Gasteiger charge is 2.13. The molecule has 3 nitrogen and oxygen atoms in total. The van der Waals surface area contributed by atoms with Gasteiger partial charge in [-0.05, 0) is 29.0 Å². The first-order chi connectivity index (χ1) is 10.6. The van der Waals surface area contributed by atoms with Crippen LogP contribution in [0.3, 0.4) is 0 Å². The molecule has 3 aromatic rings. The van der Waals surface area contributed by atoms with Crippen LogP contribution in [0, 0.1) is 5.82 Å². The van der Waals surface area contributed by atoms with E-state index < -0.39 is 11.8 Å². The van der Waals surface area contributed by atoms with E-state index in [1.807, 2.05) is 12.1 Å². The van der Waals surface area contributed by atoms with Crippen molar-refractivity contribution in [2.75, 3.05) is 7.11 Å². The first-order valence-electron chi connectivity index (χ1n) is 6.52. The summed E-state index contributed by atoms with van der Waals surface area (Å²) >= 11 is 5.74. The van der Waals surface area contributed by atoms with E-state index in [1.165, 1.54) is 19.4 Å². The Kier molecular flexibility index (Phi) is 3.77. The summed E-state index contributed by atoms with van der Waals surface area (Å²) in [5.74, 6) is -0.954. The zero-order chi connectivity index (χ0) is 15.7. The van der Waals surface area contributed by atoms with E-state index in [2.05, 4.69) is 4.98 Å². The number of fused-ring (bicyclic) bond motifs is 1. The number of benzene rings is 2. The van der Waals surface area contributed by atoms with Crippen molar-refractivity contribution in [2.24, 2.45) is 0 Å². The van der Waals surface area contributed by atoms with Crippen molar-refractivity contribution in [1.82, 2.24) is 4.98 Å². The fraction of sp³-hybridized carbons (Fsp3) is 0.0588. The zero-order valence-electron chi connectivity index (χ0n) is 11.6. The molecule has 0 amide bonds. The standard InChI is InChI=1S/C17H11ClFNO2/c1-22-17(21)11-6-5-10-3-2-4-13(14(10)7-11)16-15(19)8-12(18)9-20-16/h2-9H,1H3. The molecule has 1 aromatic heterocycles. The van der Waals surface area contributed by atoms with Gasteiger partial charge in [-0.25, -0.2) is 9.18 Å². The molecule has 2 aromatic carbocycles. The molecular weight excluding hydrogens is 305 g/mol. The molecule has 110 valence electrons. The lowest BCUT2D eigenvalue weighted by molar-refractivity contribution is 0.0601. The molecule has 0 N–H and O–H groups in total. The lowest BCUT2D eigenvalue weighted by atomic mass is 9.99. The zero-order valence-corrected chi connectivity index (χ0v) is 12.4. The van der Waals surface area contributed by atoms with Crippen LogP contribution in [-0.4, -0.2) is 18.1 Å². The van der Waals surface area contributed by atoms with Crippen LogP contribution in [0.1, 0.15) is 10.4 Å². The van der Waals surface area contributed by atoms with Gasteiger partial charge in [0.25, 0.3) is 0 Å². The Morgan fingerprint density at radius 3 is 2.77 bits per heavy atom. The first-order valence-corrected chi connectivity index (χ1v) is 6.90. The molecule has 1 heterocycles. The maximum absolute atomic E-state index is 14.2. The van der Waals surface area contributed by atoms with E-state index in [-0.39, 0.29) is 10.7 Å². The molecule has 0 aliphatic heterocycles. The molecule has 5 heteroatoms. The van der Waals surface area contributed by atoms with Crippen LogP contribution in [0.5, 0.6) is 0 Å². The average molecular weight is 316 g/mol. The Balaban J connectivity index is 2.26. The maximum atomic E-state index is 14.2. The highest BCUT2D eigenvalue weighted by atomic mass is 35.5. The van der Waals surface area contributed by atoms with Crippen LogP contribution in [0.15, 0.2) is 48.7 Å². The summed E-state index contributed by atoms with van der Waals surface area (Å²) in [4.78, 5) is 15.8. The van der Waals surface area contributed by atoms with Crippen molar-refractivity contribution in [1.29, 1.82) is 0 Å². The number of rotatable bonds is 2. The van der Waals surface area contributed by atoms with Gasteiger partial charge in [0.1, 0.15) is 5.69 Å². The quantitative estimate of drug-likeness (QED) is 0.654. The monoisotopic (exact) mass is 315 g/mol. The minimum atomic E-state index is -0.511. The summed E-state index contributed by atoms with van der Waals surface area (Å²) in [6.45, 7) is 0. The lowest BCUT2D eigenvalue weighted by Crippen LogP contribution is -2.01. The predicted octanol–water partition coefficient (Wildman–Crippen LogP) is 4.48. The largest absolute Gasteiger partial charge is 0.465 e. The molecule has 0 fully saturated rings. The Bertz CT molecular complexity index is 880. The number of hydrogen-bond donors (Lipinski definition) is 0. The van der Waals surface area contributed by atoms with Crippen molar-refractivity contribution < 1.29 is 13.9 Å². The van der Waals surface area contributed by atoms with Gasteiger partial charge in [-0.15, -0.1) is 0 Å². The van der Waals surface area contributed by atoms with E-state index in [9.17, 15) is 9.18 Å². The molecule has 3 rings (SSSR count). The van der Waals surface area contributed by atoms with Crippen molar-refractivity contribution in [3.05, 3.63) is 65.1 Å². The topological polar surface area (TPSA) is 39.2 Å². The molecule has 0 radical (unpaired) electrons. The van der Waals surface area contributed by atoms with Crippen LogP contribution < -0.4 is 0 Å². The highest BCUT2D eigenvalue weighted by molar-refractivity contribution is 6.30. The van der Waals surface area contributed by atoms with Gasteiger partial charge in [0, 0.05) is 11.8 Å². The Labute approximate surface area is 131 Å². The van der Waals surface area contributed by atoms with Gasteiger partial charge >= 0.3 is 5.97 Å². The van der Waals surface area contributed by atoms with Crippen molar-refractivity contribution in [3.8, 4) is 11.3 Å². The smallest absolute Gasteiger partial charge is 0.337 e. The summed E-state index contributed by atoms with van der Waals surface area (Å²) in [6.07, 6.45) is 1.39. The van der Waals surface area contributed by atoms with E-state index in [0.717, 1.165) is 10.8 Å². The van der Waals surface area contributed by atoms with Crippen molar-refractivity contribution in [3.63, 3.8) is 0 Å². The summed E-state index contributed by atoms with van der Waals surface area (Å²) in [7, 11) is 1.32. The number of pyridine rings is 1. The first kappa shape index (κ1) is 14.5. The molecule has 22 heavy (non-hydrogen) atoms. The van der Waals surface area contributed by atoms with Crippen LogP contribution in [0.2, 0.25) is 5.02 Å². The average Bonchev–Trinajstić information content (AvgIpc) is 2.53. The van der Waals surface area contributed by atoms with E-state index in [4.69, 9.17) is 16.3 Å². The van der Waals surface area contributed by atoms with E-state index >= 15 is 0 Å². The minimum Gasteiger partial charge on any atom is -0.465 e. The van der Waals surface area contributed by atoms with Crippen molar-refractivity contribution in [2.45, 2.75) is 0 Å². The molecule has 0 saturated heterocycles. The fourth-order valence-electron chi connectivity index (χ4n) is 2.34. The molecule has 0 spiro atoms. The van der Waals surface area contributed by atoms with Gasteiger partial charge < -0.3 is 4.74 Å². The fourth-order valence-corrected chi connectivity index (χ4v) is 2.48. The number of halogens is 2. The second-order valence-corrected chi connectivity index (χ2v) is 5.15. The van der Waals surface area contributed by atoms with Crippen LogP contribution in [0.25, 0.3) is 22.0 Å². The summed E-state index contributed by atoms with van der Waals surface area (Å²) in [5, 5.41) is 1.83. The van der Waals surface area contributed by atoms with Gasteiger partial charge in [0.05, 0.1) is 17.7 Å². The third-order valence-electron chi connectivity index (χ3n) is 3.37. The van der Waals surface area contributed by atoms with Crippen LogP contribution >= 0.6 is 11.6 Å². The van der Waals surface area contributed by atoms with Crippen molar-refractivity contribution >= 4 is 28.3 Å². The molecule has 0 aliphatic carbocycles. The Hall–Kier alpha value is -2.46. The molecule has 0 unspecified atom stereocenters. The van der Waals surface area contributed by atoms with Crippen LogP contribution in [-0.2, 0) is 4.74 Å². The second kappa shape index (κ2) is 5.73. The molecule has 0 saturated carbocycles. The van der Waals surface area contributed by atoms with Gasteiger partial charge in [-0.1, -0.05) is 35.9 Å². The Morgan fingerprint density at radius 1 is 1.23 bits per heavy atom. The van der Waals surface area contributed by atoms with E-state index in [1.54, 1.807) is 24.3 Å². The van der Waals surface area contributed by atoms with Gasteiger partial charge in [0.2, 0.25) is 0 Å². The number of ether oxygens (including phenoxy) is 1. The number of aromatic nitrogens is 1. The Morgan fingerprint density at radius 2 is 2.05 bits per heavy atom. The number of carbonyl (C=O) groups is 1. The van der Waals surface area contributed by atoms with E-state index in [0.29, 0.717) is 11.1 Å². The predicted molar refractivity (Wildman–Crippen MR) is 83.5 cm³/mol. The number of methoxy groups -OCH3 is 1. The summed E-state index contributed by atoms with van der Waals surface area (Å²) in [5.41, 5.74) is 1.19. The third-order valence-corrected chi connectivity index (χ3v) is 3.57. The number of carbonyl (C=O) groups excluding carboxylic acids is 1. The third kappa shape index (κ3) is 2.53.